The molecule has 3 rings (SSSR count). The van der Waals surface area contributed by atoms with E-state index in [4.69, 9.17) is 0 Å². The second kappa shape index (κ2) is 8.15. The number of rotatable bonds is 5. The number of amides is 1. The van der Waals surface area contributed by atoms with Crippen molar-refractivity contribution in [3.05, 3.63) is 59.4 Å². The highest BCUT2D eigenvalue weighted by Crippen LogP contribution is 2.16. The van der Waals surface area contributed by atoms with E-state index in [1.807, 2.05) is 11.1 Å². The molecular weight excluding hydrogens is 310 g/mol. The lowest BCUT2D eigenvalue weighted by Crippen LogP contribution is -2.48. The summed E-state index contributed by atoms with van der Waals surface area (Å²) in [6.45, 7) is 7.17. The van der Waals surface area contributed by atoms with Gasteiger partial charge in [0, 0.05) is 38.8 Å². The number of hydrogen-bond donors (Lipinski definition) is 0. The Morgan fingerprint density at radius 1 is 0.960 bits per heavy atom. The van der Waals surface area contributed by atoms with Crippen LogP contribution in [-0.4, -0.2) is 42.0 Å². The van der Waals surface area contributed by atoms with Gasteiger partial charge in [0.2, 0.25) is 5.91 Å². The van der Waals surface area contributed by atoms with Crippen molar-refractivity contribution in [2.45, 2.75) is 33.1 Å². The number of carbonyl (C=O) groups is 1. The molecule has 0 atom stereocenters. The van der Waals surface area contributed by atoms with Crippen molar-refractivity contribution in [2.75, 3.05) is 31.1 Å². The largest absolute Gasteiger partial charge is 0.367 e. The Bertz CT molecular complexity index is 686. The number of nitrogens with zero attached hydrogens (tertiary/aromatic N) is 3. The maximum Gasteiger partial charge on any atom is 0.219 e. The number of piperazine rings is 1. The predicted octanol–water partition coefficient (Wildman–Crippen LogP) is 3.10. The molecule has 0 bridgehead atoms. The fourth-order valence-corrected chi connectivity index (χ4v) is 3.25. The number of aromatic nitrogens is 1. The third kappa shape index (κ3) is 4.59. The van der Waals surface area contributed by atoms with Gasteiger partial charge in [-0.15, -0.1) is 0 Å². The summed E-state index contributed by atoms with van der Waals surface area (Å²) in [4.78, 5) is 20.3. The predicted molar refractivity (Wildman–Crippen MR) is 102 cm³/mol. The molecule has 2 aromatic rings. The Labute approximate surface area is 150 Å². The highest BCUT2D eigenvalue weighted by molar-refractivity contribution is 5.73. The van der Waals surface area contributed by atoms with Crippen LogP contribution in [0, 0.1) is 0 Å². The van der Waals surface area contributed by atoms with Gasteiger partial charge >= 0.3 is 0 Å². The highest BCUT2D eigenvalue weighted by atomic mass is 16.2. The van der Waals surface area contributed by atoms with Crippen molar-refractivity contribution in [1.82, 2.24) is 9.88 Å². The average molecular weight is 337 g/mol. The Kier molecular flexibility index (Phi) is 5.69. The van der Waals surface area contributed by atoms with Gasteiger partial charge in [0.05, 0.1) is 11.9 Å². The summed E-state index contributed by atoms with van der Waals surface area (Å²) < 4.78 is 0. The van der Waals surface area contributed by atoms with Crippen molar-refractivity contribution in [3.63, 3.8) is 0 Å². The molecule has 0 aliphatic carbocycles. The minimum atomic E-state index is 0.167. The molecule has 1 saturated heterocycles. The molecule has 0 radical (unpaired) electrons. The van der Waals surface area contributed by atoms with Gasteiger partial charge in [0.25, 0.3) is 0 Å². The molecule has 25 heavy (non-hydrogen) atoms. The van der Waals surface area contributed by atoms with E-state index < -0.39 is 0 Å². The minimum Gasteiger partial charge on any atom is -0.367 e. The lowest BCUT2D eigenvalue weighted by atomic mass is 10.0. The first-order valence-electron chi connectivity index (χ1n) is 9.19. The van der Waals surface area contributed by atoms with Gasteiger partial charge in [-0.25, -0.2) is 0 Å². The second-order valence-corrected chi connectivity index (χ2v) is 6.67. The lowest BCUT2D eigenvalue weighted by molar-refractivity contribution is -0.129. The molecule has 1 aromatic heterocycles. The van der Waals surface area contributed by atoms with Crippen molar-refractivity contribution < 1.29 is 4.79 Å². The van der Waals surface area contributed by atoms with E-state index >= 15 is 0 Å². The minimum absolute atomic E-state index is 0.167. The molecule has 0 unspecified atom stereocenters. The van der Waals surface area contributed by atoms with Crippen molar-refractivity contribution >= 4 is 11.6 Å². The smallest absolute Gasteiger partial charge is 0.219 e. The standard InChI is InChI=1S/C21H27N3O/c1-3-18-4-6-19(7-5-18)8-9-20-10-11-21(16-22-20)24-14-12-23(13-15-24)17(2)25/h4-7,10-11,16H,3,8-9,12-15H2,1-2H3. The normalized spacial score (nSPS) is 14.6. The molecular formula is C21H27N3O. The molecule has 1 aromatic carbocycles. The summed E-state index contributed by atoms with van der Waals surface area (Å²) in [5.41, 5.74) is 5.03. The number of aryl methyl sites for hydroxylation is 3. The van der Waals surface area contributed by atoms with Gasteiger partial charge in [0.15, 0.2) is 0 Å². The molecule has 2 heterocycles. The summed E-state index contributed by atoms with van der Waals surface area (Å²) in [6, 6.07) is 13.2. The third-order valence-electron chi connectivity index (χ3n) is 5.00. The van der Waals surface area contributed by atoms with Crippen LogP contribution in [0.5, 0.6) is 0 Å². The van der Waals surface area contributed by atoms with Crippen molar-refractivity contribution in [2.24, 2.45) is 0 Å². The summed E-state index contributed by atoms with van der Waals surface area (Å²) in [5.74, 6) is 0.167. The van der Waals surface area contributed by atoms with Crippen LogP contribution in [0.2, 0.25) is 0 Å². The molecule has 0 saturated carbocycles. The Hall–Kier alpha value is -2.36. The molecule has 1 fully saturated rings. The quantitative estimate of drug-likeness (QED) is 0.841. The summed E-state index contributed by atoms with van der Waals surface area (Å²) in [5, 5.41) is 0. The number of carbonyl (C=O) groups excluding carboxylic acids is 1. The molecule has 1 amide bonds. The van der Waals surface area contributed by atoms with Gasteiger partial charge < -0.3 is 9.80 Å². The fraction of sp³-hybridized carbons (Fsp3) is 0.429. The van der Waals surface area contributed by atoms with E-state index in [9.17, 15) is 4.79 Å². The third-order valence-corrected chi connectivity index (χ3v) is 5.00. The van der Waals surface area contributed by atoms with Gasteiger partial charge in [-0.2, -0.15) is 0 Å². The van der Waals surface area contributed by atoms with E-state index in [2.05, 4.69) is 53.2 Å². The first kappa shape index (κ1) is 17.5. The van der Waals surface area contributed by atoms with Crippen LogP contribution in [0.3, 0.4) is 0 Å². The van der Waals surface area contributed by atoms with Crippen LogP contribution in [-0.2, 0) is 24.1 Å². The Balaban J connectivity index is 1.52. The monoisotopic (exact) mass is 337 g/mol. The van der Waals surface area contributed by atoms with Crippen LogP contribution >= 0.6 is 0 Å². The fourth-order valence-electron chi connectivity index (χ4n) is 3.25. The molecule has 0 N–H and O–H groups in total. The summed E-state index contributed by atoms with van der Waals surface area (Å²) >= 11 is 0. The van der Waals surface area contributed by atoms with Gasteiger partial charge in [-0.1, -0.05) is 31.2 Å². The average Bonchev–Trinajstić information content (AvgIpc) is 2.67. The SMILES string of the molecule is CCc1ccc(CCc2ccc(N3CCN(C(C)=O)CC3)cn2)cc1. The first-order valence-corrected chi connectivity index (χ1v) is 9.19. The van der Waals surface area contributed by atoms with Crippen LogP contribution in [0.25, 0.3) is 0 Å². The van der Waals surface area contributed by atoms with Crippen molar-refractivity contribution in [1.29, 1.82) is 0 Å². The van der Waals surface area contributed by atoms with Crippen LogP contribution in [0.4, 0.5) is 5.69 Å². The zero-order valence-electron chi connectivity index (χ0n) is 15.2. The molecule has 4 heteroatoms. The molecule has 1 aliphatic heterocycles. The number of anilines is 1. The first-order chi connectivity index (χ1) is 12.2. The second-order valence-electron chi connectivity index (χ2n) is 6.67. The van der Waals surface area contributed by atoms with E-state index in [-0.39, 0.29) is 5.91 Å². The Morgan fingerprint density at radius 3 is 2.20 bits per heavy atom. The van der Waals surface area contributed by atoms with Crippen LogP contribution in [0.1, 0.15) is 30.7 Å². The number of benzene rings is 1. The topological polar surface area (TPSA) is 36.4 Å². The maximum absolute atomic E-state index is 11.4. The maximum atomic E-state index is 11.4. The summed E-state index contributed by atoms with van der Waals surface area (Å²) in [7, 11) is 0. The number of hydrogen-bond acceptors (Lipinski definition) is 3. The molecule has 0 spiro atoms. The molecule has 4 nitrogen and oxygen atoms in total. The van der Waals surface area contributed by atoms with E-state index in [1.54, 1.807) is 6.92 Å². The Morgan fingerprint density at radius 2 is 1.64 bits per heavy atom. The van der Waals surface area contributed by atoms with Gasteiger partial charge in [0.1, 0.15) is 0 Å². The lowest BCUT2D eigenvalue weighted by Gasteiger charge is -2.35. The zero-order valence-corrected chi connectivity index (χ0v) is 15.2. The van der Waals surface area contributed by atoms with E-state index in [0.29, 0.717) is 0 Å². The zero-order chi connectivity index (χ0) is 17.6. The van der Waals surface area contributed by atoms with Gasteiger partial charge in [-0.3, -0.25) is 9.78 Å². The number of pyridine rings is 1. The molecule has 132 valence electrons. The molecule has 1 aliphatic rings. The van der Waals surface area contributed by atoms with Crippen molar-refractivity contribution in [3.8, 4) is 0 Å². The van der Waals surface area contributed by atoms with Gasteiger partial charge in [-0.05, 0) is 42.5 Å². The van der Waals surface area contributed by atoms with Crippen LogP contribution < -0.4 is 4.90 Å². The van der Waals surface area contributed by atoms with E-state index in [1.165, 1.54) is 11.1 Å². The summed E-state index contributed by atoms with van der Waals surface area (Å²) in [6.07, 6.45) is 5.04. The van der Waals surface area contributed by atoms with Crippen LogP contribution in [0.15, 0.2) is 42.6 Å². The van der Waals surface area contributed by atoms with E-state index in [0.717, 1.165) is 56.8 Å². The highest BCUT2D eigenvalue weighted by Gasteiger charge is 2.18.